The lowest BCUT2D eigenvalue weighted by atomic mass is 10.1. The number of hydrogen-bond acceptors (Lipinski definition) is 5. The van der Waals surface area contributed by atoms with Gasteiger partial charge in [0.15, 0.2) is 5.69 Å². The largest absolute Gasteiger partial charge is 0.466 e. The van der Waals surface area contributed by atoms with Crippen molar-refractivity contribution in [2.24, 2.45) is 5.84 Å². The first kappa shape index (κ1) is 16.3. The molecule has 0 radical (unpaired) electrons. The predicted octanol–water partition coefficient (Wildman–Crippen LogP) is 1.47. The van der Waals surface area contributed by atoms with E-state index in [1.165, 1.54) is 14.0 Å². The summed E-state index contributed by atoms with van der Waals surface area (Å²) >= 11 is 0. The number of ether oxygens (including phenoxy) is 1. The Labute approximate surface area is 118 Å². The highest BCUT2D eigenvalue weighted by molar-refractivity contribution is 5.85. The topological polar surface area (TPSA) is 78.6 Å². The highest BCUT2D eigenvalue weighted by Gasteiger charge is 2.36. The minimum atomic E-state index is -0.697. The Hall–Kier alpha value is -1.76. The van der Waals surface area contributed by atoms with Crippen LogP contribution in [0.15, 0.2) is 24.3 Å². The Morgan fingerprint density at radius 1 is 1.35 bits per heavy atom. The minimum absolute atomic E-state index is 0.246. The molecule has 1 atom stereocenters. The van der Waals surface area contributed by atoms with E-state index in [2.05, 4.69) is 0 Å². The SMILES string of the molecule is CCC(=O)[N+](N)(OC)c1cccc(CCOC(C)=O)c1. The number of carbonyl (C=O) groups excluding carboxylic acids is 2. The van der Waals surface area contributed by atoms with Gasteiger partial charge in [0.1, 0.15) is 0 Å². The number of hydrogen-bond donors (Lipinski definition) is 1. The molecule has 0 aliphatic carbocycles. The van der Waals surface area contributed by atoms with Crippen molar-refractivity contribution in [2.45, 2.75) is 26.7 Å². The Morgan fingerprint density at radius 3 is 2.60 bits per heavy atom. The Bertz CT molecular complexity index is 490. The second kappa shape index (κ2) is 7.14. The molecule has 0 spiro atoms. The first-order valence-corrected chi connectivity index (χ1v) is 6.43. The third kappa shape index (κ3) is 3.86. The summed E-state index contributed by atoms with van der Waals surface area (Å²) in [6, 6.07) is 7.18. The average molecular weight is 281 g/mol. The molecule has 1 aromatic rings. The van der Waals surface area contributed by atoms with Gasteiger partial charge in [-0.05, 0) is 10.3 Å². The van der Waals surface area contributed by atoms with Crippen LogP contribution in [0.1, 0.15) is 25.8 Å². The van der Waals surface area contributed by atoms with Gasteiger partial charge in [-0.3, -0.25) is 4.79 Å². The molecule has 20 heavy (non-hydrogen) atoms. The quantitative estimate of drug-likeness (QED) is 0.281. The number of benzene rings is 1. The van der Waals surface area contributed by atoms with Crippen LogP contribution in [0, 0.1) is 0 Å². The molecular formula is C14H21N2O4+. The van der Waals surface area contributed by atoms with Crippen molar-refractivity contribution in [3.8, 4) is 0 Å². The van der Waals surface area contributed by atoms with Gasteiger partial charge >= 0.3 is 11.9 Å². The van der Waals surface area contributed by atoms with Crippen molar-refractivity contribution in [1.29, 1.82) is 0 Å². The van der Waals surface area contributed by atoms with Crippen molar-refractivity contribution in [3.63, 3.8) is 0 Å². The maximum Gasteiger partial charge on any atom is 0.370 e. The normalized spacial score (nSPS) is 13.6. The van der Waals surface area contributed by atoms with Crippen LogP contribution in [-0.2, 0) is 25.6 Å². The molecule has 1 amide bonds. The number of esters is 1. The highest BCUT2D eigenvalue weighted by atomic mass is 16.7. The third-order valence-corrected chi connectivity index (χ3v) is 2.95. The van der Waals surface area contributed by atoms with Crippen LogP contribution in [0.3, 0.4) is 0 Å². The van der Waals surface area contributed by atoms with E-state index in [4.69, 9.17) is 15.4 Å². The summed E-state index contributed by atoms with van der Waals surface area (Å²) in [6.07, 6.45) is 0.819. The number of nitrogens with two attached hydrogens (primary N) is 1. The van der Waals surface area contributed by atoms with Crippen LogP contribution >= 0.6 is 0 Å². The average Bonchev–Trinajstić information content (AvgIpc) is 2.45. The Morgan fingerprint density at radius 2 is 2.05 bits per heavy atom. The molecule has 0 fully saturated rings. The monoisotopic (exact) mass is 281 g/mol. The molecule has 6 nitrogen and oxygen atoms in total. The maximum absolute atomic E-state index is 11.9. The fourth-order valence-electron chi connectivity index (χ4n) is 1.82. The first-order chi connectivity index (χ1) is 9.43. The minimum Gasteiger partial charge on any atom is -0.466 e. The molecule has 0 heterocycles. The molecule has 0 aliphatic rings. The van der Waals surface area contributed by atoms with E-state index in [9.17, 15) is 9.59 Å². The van der Waals surface area contributed by atoms with E-state index < -0.39 is 4.76 Å². The predicted molar refractivity (Wildman–Crippen MR) is 75.1 cm³/mol. The zero-order chi connectivity index (χ0) is 15.2. The molecule has 6 heteroatoms. The molecule has 1 rings (SSSR count). The molecule has 0 aliphatic heterocycles. The lowest BCUT2D eigenvalue weighted by Crippen LogP contribution is -2.59. The van der Waals surface area contributed by atoms with E-state index in [1.54, 1.807) is 25.1 Å². The Kier molecular flexibility index (Phi) is 5.82. The smallest absolute Gasteiger partial charge is 0.370 e. The van der Waals surface area contributed by atoms with Crippen molar-refractivity contribution in [1.82, 2.24) is 4.76 Å². The summed E-state index contributed by atoms with van der Waals surface area (Å²) in [7, 11) is 1.39. The number of nitrogens with zero attached hydrogens (tertiary/aromatic N) is 1. The van der Waals surface area contributed by atoms with Gasteiger partial charge in [-0.1, -0.05) is 19.1 Å². The van der Waals surface area contributed by atoms with Crippen molar-refractivity contribution < 1.29 is 19.2 Å². The summed E-state index contributed by atoms with van der Waals surface area (Å²) in [5.74, 6) is 5.44. The fraction of sp³-hybridized carbons (Fsp3) is 0.429. The van der Waals surface area contributed by atoms with Crippen LogP contribution in [0.2, 0.25) is 0 Å². The van der Waals surface area contributed by atoms with Gasteiger partial charge in [-0.2, -0.15) is 4.84 Å². The van der Waals surface area contributed by atoms with Crippen LogP contribution in [0.5, 0.6) is 0 Å². The van der Waals surface area contributed by atoms with Crippen molar-refractivity contribution >= 4 is 17.6 Å². The van der Waals surface area contributed by atoms with Crippen LogP contribution in [0.4, 0.5) is 5.69 Å². The van der Waals surface area contributed by atoms with Gasteiger partial charge in [0, 0.05) is 25.5 Å². The molecule has 110 valence electrons. The highest BCUT2D eigenvalue weighted by Crippen LogP contribution is 2.22. The summed E-state index contributed by atoms with van der Waals surface area (Å²) in [5.41, 5.74) is 1.46. The maximum atomic E-state index is 11.9. The lowest BCUT2D eigenvalue weighted by Gasteiger charge is -2.24. The fourth-order valence-corrected chi connectivity index (χ4v) is 1.82. The van der Waals surface area contributed by atoms with E-state index in [1.807, 2.05) is 6.07 Å². The van der Waals surface area contributed by atoms with E-state index in [-0.39, 0.29) is 24.9 Å². The third-order valence-electron chi connectivity index (χ3n) is 2.95. The second-order valence-corrected chi connectivity index (χ2v) is 4.35. The van der Waals surface area contributed by atoms with E-state index in [0.29, 0.717) is 12.1 Å². The summed E-state index contributed by atoms with van der Waals surface area (Å²) in [5, 5.41) is 0. The lowest BCUT2D eigenvalue weighted by molar-refractivity contribution is -0.172. The van der Waals surface area contributed by atoms with Gasteiger partial charge in [-0.25, -0.2) is 4.79 Å². The number of quaternary nitrogens is 1. The molecule has 0 bridgehead atoms. The second-order valence-electron chi connectivity index (χ2n) is 4.35. The van der Waals surface area contributed by atoms with Gasteiger partial charge in [0.25, 0.3) is 0 Å². The van der Waals surface area contributed by atoms with Crippen LogP contribution in [-0.4, -0.2) is 25.6 Å². The van der Waals surface area contributed by atoms with Gasteiger partial charge in [0.2, 0.25) is 0 Å². The molecule has 0 saturated carbocycles. The zero-order valence-electron chi connectivity index (χ0n) is 12.1. The molecule has 2 N–H and O–H groups in total. The summed E-state index contributed by atoms with van der Waals surface area (Å²) in [4.78, 5) is 27.8. The summed E-state index contributed by atoms with van der Waals surface area (Å²) in [6.45, 7) is 3.38. The summed E-state index contributed by atoms with van der Waals surface area (Å²) < 4.78 is 4.20. The number of rotatable bonds is 6. The van der Waals surface area contributed by atoms with Crippen LogP contribution in [0.25, 0.3) is 0 Å². The number of carbonyl (C=O) groups is 2. The molecule has 1 unspecified atom stereocenters. The van der Waals surface area contributed by atoms with Crippen molar-refractivity contribution in [2.75, 3.05) is 13.7 Å². The van der Waals surface area contributed by atoms with Gasteiger partial charge in [-0.15, -0.1) is 5.84 Å². The molecular weight excluding hydrogens is 260 g/mol. The number of hydroxylamine groups is 1. The van der Waals surface area contributed by atoms with Crippen molar-refractivity contribution in [3.05, 3.63) is 29.8 Å². The van der Waals surface area contributed by atoms with Crippen LogP contribution < -0.4 is 10.6 Å². The first-order valence-electron chi connectivity index (χ1n) is 6.43. The zero-order valence-corrected chi connectivity index (χ0v) is 12.1. The van der Waals surface area contributed by atoms with E-state index in [0.717, 1.165) is 5.56 Å². The molecule has 0 saturated heterocycles. The van der Waals surface area contributed by atoms with Gasteiger partial charge < -0.3 is 4.74 Å². The van der Waals surface area contributed by atoms with E-state index >= 15 is 0 Å². The number of amides is 1. The molecule has 0 aromatic heterocycles. The standard InChI is InChI=1S/C14H21N2O4/c1-4-14(18)16(15,19-3)13-7-5-6-12(10-13)8-9-20-11(2)17/h5-7,10H,4,8-9,15H2,1-3H3/q+1. The molecule has 1 aromatic carbocycles. The Balaban J connectivity index is 2.90. The van der Waals surface area contributed by atoms with Gasteiger partial charge in [0.05, 0.1) is 20.1 Å².